The van der Waals surface area contributed by atoms with Gasteiger partial charge in [0.25, 0.3) is 0 Å². The van der Waals surface area contributed by atoms with E-state index in [-0.39, 0.29) is 10.0 Å². The number of hydrogen-bond donors (Lipinski definition) is 1. The van der Waals surface area contributed by atoms with Crippen molar-refractivity contribution in [3.63, 3.8) is 0 Å². The fraction of sp³-hybridized carbons (Fsp3) is 0.154. The first kappa shape index (κ1) is 13.1. The molecule has 1 aromatic carbocycles. The van der Waals surface area contributed by atoms with Crippen molar-refractivity contribution in [3.05, 3.63) is 63.4 Å². The Bertz CT molecular complexity index is 572. The topological polar surface area (TPSA) is 33.1 Å². The smallest absolute Gasteiger partial charge is 0.173 e. The molecule has 94 valence electrons. The predicted molar refractivity (Wildman–Crippen MR) is 67.1 cm³/mol. The van der Waals surface area contributed by atoms with Gasteiger partial charge in [-0.15, -0.1) is 0 Å². The lowest BCUT2D eigenvalue weighted by Crippen LogP contribution is -2.03. The molecule has 1 atom stereocenters. The third kappa shape index (κ3) is 2.42. The summed E-state index contributed by atoms with van der Waals surface area (Å²) in [7, 11) is 0. The van der Waals surface area contributed by atoms with E-state index < -0.39 is 17.7 Å². The van der Waals surface area contributed by atoms with Gasteiger partial charge in [-0.05, 0) is 35.0 Å². The number of aliphatic hydroxyl groups is 1. The first-order valence-electron chi connectivity index (χ1n) is 5.24. The summed E-state index contributed by atoms with van der Waals surface area (Å²) < 4.78 is 26.3. The van der Waals surface area contributed by atoms with E-state index in [4.69, 9.17) is 0 Å². The lowest BCUT2D eigenvalue weighted by atomic mass is 10.0. The van der Waals surface area contributed by atoms with E-state index in [2.05, 4.69) is 20.9 Å². The highest BCUT2D eigenvalue weighted by atomic mass is 79.9. The Kier molecular flexibility index (Phi) is 3.73. The van der Waals surface area contributed by atoms with Gasteiger partial charge in [0, 0.05) is 23.0 Å². The van der Waals surface area contributed by atoms with Crippen molar-refractivity contribution >= 4 is 15.9 Å². The van der Waals surface area contributed by atoms with E-state index in [0.717, 1.165) is 11.8 Å². The summed E-state index contributed by atoms with van der Waals surface area (Å²) in [6.07, 6.45) is 0.454. The number of benzene rings is 1. The van der Waals surface area contributed by atoms with Crippen LogP contribution in [0.2, 0.25) is 0 Å². The van der Waals surface area contributed by atoms with E-state index in [0.29, 0.717) is 5.56 Å². The van der Waals surface area contributed by atoms with Crippen LogP contribution in [0.1, 0.15) is 22.9 Å². The van der Waals surface area contributed by atoms with E-state index >= 15 is 0 Å². The van der Waals surface area contributed by atoms with Crippen molar-refractivity contribution in [3.8, 4) is 0 Å². The van der Waals surface area contributed by atoms with Crippen molar-refractivity contribution in [1.29, 1.82) is 0 Å². The molecular weight excluding hydrogens is 304 g/mol. The Morgan fingerprint density at radius 3 is 2.56 bits per heavy atom. The van der Waals surface area contributed by atoms with Crippen LogP contribution in [0.5, 0.6) is 0 Å². The molecule has 1 aromatic heterocycles. The van der Waals surface area contributed by atoms with Crippen molar-refractivity contribution in [2.45, 2.75) is 13.0 Å². The highest BCUT2D eigenvalue weighted by Gasteiger charge is 2.18. The Morgan fingerprint density at radius 1 is 1.22 bits per heavy atom. The first-order valence-corrected chi connectivity index (χ1v) is 6.04. The van der Waals surface area contributed by atoms with Gasteiger partial charge in [0.1, 0.15) is 6.10 Å². The zero-order chi connectivity index (χ0) is 13.3. The van der Waals surface area contributed by atoms with Gasteiger partial charge in [-0.1, -0.05) is 12.1 Å². The average Bonchev–Trinajstić information content (AvgIpc) is 2.36. The summed E-state index contributed by atoms with van der Waals surface area (Å²) in [5, 5.41) is 10.1. The summed E-state index contributed by atoms with van der Waals surface area (Å²) >= 11 is 2.95. The molecule has 2 rings (SSSR count). The number of aliphatic hydroxyl groups excluding tert-OH is 1. The molecule has 0 spiro atoms. The quantitative estimate of drug-likeness (QED) is 0.861. The molecule has 1 heterocycles. The minimum atomic E-state index is -1.05. The Hall–Kier alpha value is -1.33. The summed E-state index contributed by atoms with van der Waals surface area (Å²) in [6, 6.07) is 5.76. The van der Waals surface area contributed by atoms with E-state index in [1.165, 1.54) is 12.3 Å². The molecule has 0 radical (unpaired) electrons. The van der Waals surface area contributed by atoms with Crippen molar-refractivity contribution in [2.75, 3.05) is 0 Å². The predicted octanol–water partition coefficient (Wildman–Crippen LogP) is 3.51. The maximum absolute atomic E-state index is 13.4. The molecule has 0 aliphatic rings. The standard InChI is InChI=1S/C13H10BrF2NO/c1-7-2-3-8(6-17-7)13(18)9-4-5-10(15)12(16)11(9)14/h2-6,13,18H,1H3. The number of nitrogens with zero attached hydrogens (tertiary/aromatic N) is 1. The fourth-order valence-corrected chi connectivity index (χ4v) is 2.11. The molecule has 0 bridgehead atoms. The van der Waals surface area contributed by atoms with Gasteiger partial charge >= 0.3 is 0 Å². The molecule has 0 saturated heterocycles. The molecule has 5 heteroatoms. The van der Waals surface area contributed by atoms with Crippen LogP contribution in [-0.2, 0) is 0 Å². The van der Waals surface area contributed by atoms with Crippen LogP contribution in [-0.4, -0.2) is 10.1 Å². The van der Waals surface area contributed by atoms with Gasteiger partial charge in [-0.2, -0.15) is 0 Å². The molecule has 0 amide bonds. The van der Waals surface area contributed by atoms with Crippen LogP contribution >= 0.6 is 15.9 Å². The number of aryl methyl sites for hydroxylation is 1. The minimum Gasteiger partial charge on any atom is -0.384 e. The van der Waals surface area contributed by atoms with Gasteiger partial charge in [0.2, 0.25) is 0 Å². The summed E-state index contributed by atoms with van der Waals surface area (Å²) in [5.74, 6) is -1.97. The van der Waals surface area contributed by atoms with Gasteiger partial charge in [-0.3, -0.25) is 4.98 Å². The monoisotopic (exact) mass is 313 g/mol. The van der Waals surface area contributed by atoms with Crippen LogP contribution in [0.25, 0.3) is 0 Å². The molecule has 2 aromatic rings. The second-order valence-corrected chi connectivity index (χ2v) is 4.69. The molecule has 0 saturated carbocycles. The van der Waals surface area contributed by atoms with Crippen molar-refractivity contribution < 1.29 is 13.9 Å². The number of halogens is 3. The normalized spacial score (nSPS) is 12.5. The lowest BCUT2D eigenvalue weighted by molar-refractivity contribution is 0.218. The highest BCUT2D eigenvalue weighted by molar-refractivity contribution is 9.10. The SMILES string of the molecule is Cc1ccc(C(O)c2ccc(F)c(F)c2Br)cn1. The third-order valence-corrected chi connectivity index (χ3v) is 3.42. The average molecular weight is 314 g/mol. The maximum atomic E-state index is 13.4. The molecule has 1 N–H and O–H groups in total. The van der Waals surface area contributed by atoms with E-state index in [1.807, 2.05) is 6.92 Å². The molecule has 1 unspecified atom stereocenters. The second kappa shape index (κ2) is 5.12. The van der Waals surface area contributed by atoms with E-state index in [9.17, 15) is 13.9 Å². The number of pyridine rings is 1. The van der Waals surface area contributed by atoms with Crippen LogP contribution in [0.4, 0.5) is 8.78 Å². The number of aromatic nitrogens is 1. The molecule has 18 heavy (non-hydrogen) atoms. The first-order chi connectivity index (χ1) is 8.50. The van der Waals surface area contributed by atoms with E-state index in [1.54, 1.807) is 12.1 Å². The van der Waals surface area contributed by atoms with Crippen LogP contribution in [0.3, 0.4) is 0 Å². The maximum Gasteiger partial charge on any atom is 0.173 e. The molecule has 2 nitrogen and oxygen atoms in total. The van der Waals surface area contributed by atoms with Crippen LogP contribution < -0.4 is 0 Å². The molecule has 0 aliphatic carbocycles. The van der Waals surface area contributed by atoms with Crippen LogP contribution in [0.15, 0.2) is 34.9 Å². The lowest BCUT2D eigenvalue weighted by Gasteiger charge is -2.13. The highest BCUT2D eigenvalue weighted by Crippen LogP contribution is 2.31. The van der Waals surface area contributed by atoms with Crippen molar-refractivity contribution in [2.24, 2.45) is 0 Å². The van der Waals surface area contributed by atoms with Gasteiger partial charge in [0.05, 0.1) is 4.47 Å². The summed E-state index contributed by atoms with van der Waals surface area (Å²) in [5.41, 5.74) is 1.60. The minimum absolute atomic E-state index is 0.0735. The Balaban J connectivity index is 2.43. The van der Waals surface area contributed by atoms with Gasteiger partial charge in [-0.25, -0.2) is 8.78 Å². The second-order valence-electron chi connectivity index (χ2n) is 3.90. The largest absolute Gasteiger partial charge is 0.384 e. The van der Waals surface area contributed by atoms with Gasteiger partial charge in [0.15, 0.2) is 11.6 Å². The number of hydrogen-bond acceptors (Lipinski definition) is 2. The van der Waals surface area contributed by atoms with Gasteiger partial charge < -0.3 is 5.11 Å². The fourth-order valence-electron chi connectivity index (χ4n) is 1.57. The summed E-state index contributed by atoms with van der Waals surface area (Å²) in [6.45, 7) is 1.82. The molecular formula is C13H10BrF2NO. The molecule has 0 fully saturated rings. The zero-order valence-electron chi connectivity index (χ0n) is 9.49. The Morgan fingerprint density at radius 2 is 1.94 bits per heavy atom. The zero-order valence-corrected chi connectivity index (χ0v) is 11.1. The van der Waals surface area contributed by atoms with Crippen molar-refractivity contribution in [1.82, 2.24) is 4.98 Å². The third-order valence-electron chi connectivity index (χ3n) is 2.61. The van der Waals surface area contributed by atoms with Crippen LogP contribution in [0, 0.1) is 18.6 Å². The Labute approximate surface area is 111 Å². The summed E-state index contributed by atoms with van der Waals surface area (Å²) in [4.78, 5) is 4.05. The molecule has 0 aliphatic heterocycles. The number of rotatable bonds is 2.